The maximum Gasteiger partial charge on any atom is 0.189 e. The number of halogens is 3. The molecule has 2 unspecified atom stereocenters. The number of hydrogen-bond donors (Lipinski definition) is 3. The number of aliphatic hydroxyl groups is 1. The van der Waals surface area contributed by atoms with Crippen molar-refractivity contribution in [2.24, 2.45) is 10.7 Å². The van der Waals surface area contributed by atoms with Crippen molar-refractivity contribution in [3.63, 3.8) is 0 Å². The molecule has 2 aromatic carbocycles. The van der Waals surface area contributed by atoms with E-state index < -0.39 is 17.2 Å². The molecule has 0 spiro atoms. The van der Waals surface area contributed by atoms with Gasteiger partial charge < -0.3 is 20.9 Å². The molecule has 1 aliphatic heterocycles. The second kappa shape index (κ2) is 8.83. The van der Waals surface area contributed by atoms with Crippen LogP contribution in [0.4, 0.5) is 8.78 Å². The number of nitrogens with two attached hydrogens (primary N) is 1. The quantitative estimate of drug-likeness (QED) is 0.350. The fourth-order valence-corrected chi connectivity index (χ4v) is 2.97. The summed E-state index contributed by atoms with van der Waals surface area (Å²) in [5, 5.41) is 13.6. The molecule has 2 aromatic rings. The third kappa shape index (κ3) is 5.07. The summed E-state index contributed by atoms with van der Waals surface area (Å²) in [6.07, 6.45) is 0.718. The predicted octanol–water partition coefficient (Wildman–Crippen LogP) is 3.22. The maximum absolute atomic E-state index is 13.9. The van der Waals surface area contributed by atoms with E-state index in [4.69, 9.17) is 10.5 Å². The second-order valence-electron chi connectivity index (χ2n) is 6.47. The van der Waals surface area contributed by atoms with Crippen LogP contribution in [0, 0.1) is 11.6 Å². The number of aliphatic imine (C=N–C) groups is 1. The van der Waals surface area contributed by atoms with Crippen LogP contribution in [0.2, 0.25) is 0 Å². The van der Waals surface area contributed by atoms with E-state index in [0.717, 1.165) is 29.9 Å². The van der Waals surface area contributed by atoms with Gasteiger partial charge in [-0.25, -0.2) is 8.78 Å². The highest BCUT2D eigenvalue weighted by molar-refractivity contribution is 14.0. The number of ether oxygens (including phenoxy) is 1. The van der Waals surface area contributed by atoms with Gasteiger partial charge in [0.25, 0.3) is 0 Å². The van der Waals surface area contributed by atoms with E-state index in [0.29, 0.717) is 6.61 Å². The van der Waals surface area contributed by atoms with Gasteiger partial charge in [-0.2, -0.15) is 0 Å². The van der Waals surface area contributed by atoms with Crippen LogP contribution in [0.3, 0.4) is 0 Å². The Kier molecular flexibility index (Phi) is 6.99. The zero-order valence-electron chi connectivity index (χ0n) is 14.8. The first-order chi connectivity index (χ1) is 12.4. The Labute approximate surface area is 173 Å². The molecule has 0 saturated heterocycles. The van der Waals surface area contributed by atoms with E-state index in [1.807, 2.05) is 24.3 Å². The SMILES string of the molecule is CC(O)(CN=C(N)NC1CCOc2ccccc21)c1ccc(F)cc1F.I. The summed E-state index contributed by atoms with van der Waals surface area (Å²) in [6, 6.07) is 10.6. The number of fused-ring (bicyclic) bond motifs is 1. The summed E-state index contributed by atoms with van der Waals surface area (Å²) >= 11 is 0. The molecule has 1 aliphatic rings. The lowest BCUT2D eigenvalue weighted by Crippen LogP contribution is -2.38. The summed E-state index contributed by atoms with van der Waals surface area (Å²) in [6.45, 7) is 1.80. The zero-order chi connectivity index (χ0) is 18.7. The highest BCUT2D eigenvalue weighted by atomic mass is 127. The molecule has 146 valence electrons. The molecule has 5 nitrogen and oxygen atoms in total. The normalized spacial score (nSPS) is 18.5. The van der Waals surface area contributed by atoms with Crippen molar-refractivity contribution < 1.29 is 18.6 Å². The van der Waals surface area contributed by atoms with E-state index in [-0.39, 0.29) is 48.1 Å². The number of hydrogen-bond acceptors (Lipinski definition) is 3. The molecule has 0 fully saturated rings. The van der Waals surface area contributed by atoms with E-state index in [1.165, 1.54) is 13.0 Å². The minimum atomic E-state index is -1.61. The minimum absolute atomic E-state index is 0. The second-order valence-corrected chi connectivity index (χ2v) is 6.47. The Morgan fingerprint density at radius 3 is 2.81 bits per heavy atom. The van der Waals surface area contributed by atoms with Crippen LogP contribution in [0.25, 0.3) is 0 Å². The van der Waals surface area contributed by atoms with Crippen molar-refractivity contribution in [3.05, 3.63) is 65.2 Å². The van der Waals surface area contributed by atoms with Crippen LogP contribution in [0.1, 0.15) is 30.5 Å². The Morgan fingerprint density at radius 2 is 2.07 bits per heavy atom. The fraction of sp³-hybridized carbons (Fsp3) is 0.316. The molecule has 0 bridgehead atoms. The van der Waals surface area contributed by atoms with Gasteiger partial charge in [0.15, 0.2) is 5.96 Å². The van der Waals surface area contributed by atoms with Gasteiger partial charge in [-0.3, -0.25) is 4.99 Å². The minimum Gasteiger partial charge on any atom is -0.493 e. The third-order valence-electron chi connectivity index (χ3n) is 4.35. The smallest absolute Gasteiger partial charge is 0.189 e. The lowest BCUT2D eigenvalue weighted by molar-refractivity contribution is 0.0632. The summed E-state index contributed by atoms with van der Waals surface area (Å²) in [5.41, 5.74) is 5.27. The number of nitrogens with zero attached hydrogens (tertiary/aromatic N) is 1. The average molecular weight is 489 g/mol. The molecule has 8 heteroatoms. The molecule has 0 saturated carbocycles. The Balaban J connectivity index is 0.00000261. The number of nitrogens with one attached hydrogen (secondary N) is 1. The molecule has 4 N–H and O–H groups in total. The molecule has 0 aromatic heterocycles. The van der Waals surface area contributed by atoms with Gasteiger partial charge in [0.1, 0.15) is 23.0 Å². The molecule has 3 rings (SSSR count). The molecular weight excluding hydrogens is 467 g/mol. The van der Waals surface area contributed by atoms with E-state index >= 15 is 0 Å². The van der Waals surface area contributed by atoms with Crippen LogP contribution in [-0.4, -0.2) is 24.2 Å². The lowest BCUT2D eigenvalue weighted by atomic mass is 9.95. The van der Waals surface area contributed by atoms with Gasteiger partial charge in [0.05, 0.1) is 19.2 Å². The molecule has 1 heterocycles. The number of benzene rings is 2. The van der Waals surface area contributed by atoms with Gasteiger partial charge in [-0.05, 0) is 19.1 Å². The molecule has 0 radical (unpaired) electrons. The predicted molar refractivity (Wildman–Crippen MR) is 110 cm³/mol. The first kappa shape index (κ1) is 21.4. The summed E-state index contributed by atoms with van der Waals surface area (Å²) in [4.78, 5) is 4.13. The van der Waals surface area contributed by atoms with Crippen molar-refractivity contribution in [3.8, 4) is 5.75 Å². The molecule has 0 aliphatic carbocycles. The zero-order valence-corrected chi connectivity index (χ0v) is 17.1. The summed E-state index contributed by atoms with van der Waals surface area (Å²) < 4.78 is 32.5. The number of rotatable bonds is 4. The monoisotopic (exact) mass is 489 g/mol. The fourth-order valence-electron chi connectivity index (χ4n) is 2.97. The largest absolute Gasteiger partial charge is 0.493 e. The molecular formula is C19H22F2IN3O2. The Hall–Kier alpha value is -1.94. The lowest BCUT2D eigenvalue weighted by Gasteiger charge is -2.27. The van der Waals surface area contributed by atoms with E-state index in [1.54, 1.807) is 0 Å². The first-order valence-corrected chi connectivity index (χ1v) is 8.33. The molecule has 2 atom stereocenters. The van der Waals surface area contributed by atoms with Crippen molar-refractivity contribution in [1.82, 2.24) is 5.32 Å². The van der Waals surface area contributed by atoms with E-state index in [2.05, 4.69) is 10.3 Å². The Bertz CT molecular complexity index is 830. The highest BCUT2D eigenvalue weighted by Crippen LogP contribution is 2.31. The van der Waals surface area contributed by atoms with Crippen LogP contribution in [-0.2, 0) is 5.60 Å². The van der Waals surface area contributed by atoms with Crippen molar-refractivity contribution >= 4 is 29.9 Å². The highest BCUT2D eigenvalue weighted by Gasteiger charge is 2.27. The van der Waals surface area contributed by atoms with Gasteiger partial charge >= 0.3 is 0 Å². The van der Waals surface area contributed by atoms with Crippen LogP contribution in [0.5, 0.6) is 5.75 Å². The van der Waals surface area contributed by atoms with E-state index in [9.17, 15) is 13.9 Å². The summed E-state index contributed by atoms with van der Waals surface area (Å²) in [7, 11) is 0. The topological polar surface area (TPSA) is 79.9 Å². The van der Waals surface area contributed by atoms with Crippen LogP contribution in [0.15, 0.2) is 47.5 Å². The van der Waals surface area contributed by atoms with Crippen LogP contribution < -0.4 is 15.8 Å². The van der Waals surface area contributed by atoms with Crippen molar-refractivity contribution in [2.45, 2.75) is 25.0 Å². The van der Waals surface area contributed by atoms with Gasteiger partial charge in [0, 0.05) is 23.6 Å². The van der Waals surface area contributed by atoms with Gasteiger partial charge in [-0.1, -0.05) is 24.3 Å². The third-order valence-corrected chi connectivity index (χ3v) is 4.35. The van der Waals surface area contributed by atoms with Crippen molar-refractivity contribution in [2.75, 3.05) is 13.2 Å². The van der Waals surface area contributed by atoms with Gasteiger partial charge in [0.2, 0.25) is 0 Å². The number of guanidine groups is 1. The average Bonchev–Trinajstić information content (AvgIpc) is 2.60. The van der Waals surface area contributed by atoms with Crippen molar-refractivity contribution in [1.29, 1.82) is 0 Å². The maximum atomic E-state index is 13.9. The molecule has 27 heavy (non-hydrogen) atoms. The summed E-state index contributed by atoms with van der Waals surface area (Å²) in [5.74, 6) is -0.598. The first-order valence-electron chi connectivity index (χ1n) is 8.33. The standard InChI is InChI=1S/C19H21F2N3O2.HI/c1-19(25,14-7-6-12(20)10-15(14)21)11-23-18(22)24-16-8-9-26-17-5-3-2-4-13(16)17;/h2-7,10,16,25H,8-9,11H2,1H3,(H3,22,23,24);1H. The van der Waals surface area contributed by atoms with Gasteiger partial charge in [-0.15, -0.1) is 24.0 Å². The van der Waals surface area contributed by atoms with Crippen LogP contribution >= 0.6 is 24.0 Å². The Morgan fingerprint density at radius 1 is 1.33 bits per heavy atom. The molecule has 0 amide bonds. The number of para-hydroxylation sites is 1.